The van der Waals surface area contributed by atoms with Gasteiger partial charge in [-0.25, -0.2) is 18.8 Å². The van der Waals surface area contributed by atoms with Crippen LogP contribution in [0.15, 0.2) is 41.2 Å². The van der Waals surface area contributed by atoms with Gasteiger partial charge < -0.3 is 9.47 Å². The summed E-state index contributed by atoms with van der Waals surface area (Å²) in [5, 5.41) is 4.29. The first-order valence-corrected chi connectivity index (χ1v) is 11.0. The molecule has 0 spiro atoms. The molecule has 0 aliphatic carbocycles. The van der Waals surface area contributed by atoms with Crippen LogP contribution >= 0.6 is 0 Å². The van der Waals surface area contributed by atoms with Crippen molar-refractivity contribution in [2.45, 2.75) is 59.9 Å². The Hall–Kier alpha value is -3.56. The topological polar surface area (TPSA) is 75.3 Å². The average molecular weight is 492 g/mol. The van der Waals surface area contributed by atoms with Gasteiger partial charge in [-0.15, -0.1) is 0 Å². The van der Waals surface area contributed by atoms with Crippen LogP contribution in [0.2, 0.25) is 0 Å². The summed E-state index contributed by atoms with van der Waals surface area (Å²) < 4.78 is 52.2. The minimum Gasteiger partial charge on any atom is -0.476 e. The molecular formula is C25H28F3N3O4. The van der Waals surface area contributed by atoms with Crippen molar-refractivity contribution in [3.63, 3.8) is 0 Å². The molecule has 0 aliphatic heterocycles. The second-order valence-electron chi connectivity index (χ2n) is 8.76. The SMILES string of the molecule is CCOC(=O)C(C)(C)Oc1c(C)cc(Cn2nc(C)n(-c3ccc(C(F)(F)F)cc3)c2=O)cc1C. The Balaban J connectivity index is 1.88. The van der Waals surface area contributed by atoms with Crippen molar-refractivity contribution in [2.24, 2.45) is 0 Å². The van der Waals surface area contributed by atoms with Gasteiger partial charge in [0.1, 0.15) is 11.6 Å². The van der Waals surface area contributed by atoms with E-state index in [1.165, 1.54) is 21.4 Å². The number of benzene rings is 2. The van der Waals surface area contributed by atoms with Gasteiger partial charge in [0, 0.05) is 0 Å². The van der Waals surface area contributed by atoms with E-state index in [2.05, 4.69) is 5.10 Å². The summed E-state index contributed by atoms with van der Waals surface area (Å²) in [4.78, 5) is 25.2. The number of ether oxygens (including phenoxy) is 2. The van der Waals surface area contributed by atoms with Crippen LogP contribution in [0.4, 0.5) is 13.2 Å². The maximum atomic E-state index is 13.0. The molecule has 0 saturated heterocycles. The highest BCUT2D eigenvalue weighted by Crippen LogP contribution is 2.30. The lowest BCUT2D eigenvalue weighted by Gasteiger charge is -2.26. The van der Waals surface area contributed by atoms with Gasteiger partial charge in [0.2, 0.25) is 0 Å². The van der Waals surface area contributed by atoms with Crippen LogP contribution in [0.5, 0.6) is 5.75 Å². The molecule has 0 fully saturated rings. The van der Waals surface area contributed by atoms with E-state index in [-0.39, 0.29) is 13.2 Å². The molecular weight excluding hydrogens is 463 g/mol. The number of halogens is 3. The van der Waals surface area contributed by atoms with Gasteiger partial charge in [-0.05, 0) is 82.5 Å². The van der Waals surface area contributed by atoms with E-state index >= 15 is 0 Å². The summed E-state index contributed by atoms with van der Waals surface area (Å²) in [6.45, 7) is 10.7. The van der Waals surface area contributed by atoms with Crippen molar-refractivity contribution in [3.05, 3.63) is 75.0 Å². The standard InChI is InChI=1S/C25H28F3N3O4/c1-7-34-22(32)24(5,6)35-21-15(2)12-18(13-16(21)3)14-30-23(33)31(17(4)29-30)20-10-8-19(9-11-20)25(26,27)28/h8-13H,7,14H2,1-6H3. The summed E-state index contributed by atoms with van der Waals surface area (Å²) >= 11 is 0. The number of aryl methyl sites for hydroxylation is 3. The molecule has 1 heterocycles. The molecule has 0 radical (unpaired) electrons. The van der Waals surface area contributed by atoms with Gasteiger partial charge in [-0.2, -0.15) is 18.3 Å². The highest BCUT2D eigenvalue weighted by Gasteiger charge is 2.33. The molecule has 188 valence electrons. The summed E-state index contributed by atoms with van der Waals surface area (Å²) in [5.74, 6) is 0.420. The van der Waals surface area contributed by atoms with Crippen LogP contribution in [0.3, 0.4) is 0 Å². The molecule has 0 unspecified atom stereocenters. The Labute approximate surface area is 201 Å². The van der Waals surface area contributed by atoms with E-state index in [0.29, 0.717) is 17.3 Å². The van der Waals surface area contributed by atoms with Gasteiger partial charge in [0.05, 0.1) is 24.4 Å². The monoisotopic (exact) mass is 491 g/mol. The quantitative estimate of drug-likeness (QED) is 0.446. The second-order valence-corrected chi connectivity index (χ2v) is 8.76. The number of carbonyl (C=O) groups excluding carboxylic acids is 1. The number of nitrogens with zero attached hydrogens (tertiary/aromatic N) is 3. The van der Waals surface area contributed by atoms with E-state index in [1.54, 1.807) is 27.7 Å². The molecule has 7 nitrogen and oxygen atoms in total. The van der Waals surface area contributed by atoms with E-state index in [0.717, 1.165) is 28.8 Å². The molecule has 35 heavy (non-hydrogen) atoms. The number of rotatable bonds is 7. The average Bonchev–Trinajstić information content (AvgIpc) is 3.03. The molecule has 1 aromatic heterocycles. The van der Waals surface area contributed by atoms with Crippen LogP contribution in [-0.2, 0) is 22.3 Å². The highest BCUT2D eigenvalue weighted by molar-refractivity contribution is 5.79. The Kier molecular flexibility index (Phi) is 7.14. The third-order valence-corrected chi connectivity index (χ3v) is 5.43. The van der Waals surface area contributed by atoms with Gasteiger partial charge in [-0.1, -0.05) is 12.1 Å². The van der Waals surface area contributed by atoms with E-state index in [9.17, 15) is 22.8 Å². The zero-order valence-electron chi connectivity index (χ0n) is 20.5. The number of carbonyl (C=O) groups is 1. The number of esters is 1. The lowest BCUT2D eigenvalue weighted by Crippen LogP contribution is -2.40. The highest BCUT2D eigenvalue weighted by atomic mass is 19.4. The summed E-state index contributed by atoms with van der Waals surface area (Å²) in [5.41, 5.74) is 0.167. The van der Waals surface area contributed by atoms with Crippen LogP contribution < -0.4 is 10.4 Å². The van der Waals surface area contributed by atoms with Gasteiger partial charge in [0.25, 0.3) is 0 Å². The molecule has 0 aliphatic rings. The maximum absolute atomic E-state index is 13.0. The lowest BCUT2D eigenvalue weighted by molar-refractivity contribution is -0.158. The molecule has 0 atom stereocenters. The Bertz CT molecular complexity index is 1270. The predicted octanol–water partition coefficient (Wildman–Crippen LogP) is 4.75. The van der Waals surface area contributed by atoms with Crippen molar-refractivity contribution in [3.8, 4) is 11.4 Å². The third-order valence-electron chi connectivity index (χ3n) is 5.43. The minimum atomic E-state index is -4.46. The normalized spacial score (nSPS) is 12.0. The van der Waals surface area contributed by atoms with Crippen LogP contribution in [-0.4, -0.2) is 32.5 Å². The number of hydrogen-bond acceptors (Lipinski definition) is 5. The fourth-order valence-corrected chi connectivity index (χ4v) is 3.78. The largest absolute Gasteiger partial charge is 0.476 e. The molecule has 0 bridgehead atoms. The van der Waals surface area contributed by atoms with Crippen LogP contribution in [0.25, 0.3) is 5.69 Å². The molecule has 0 amide bonds. The molecule has 10 heteroatoms. The Morgan fingerprint density at radius 2 is 1.60 bits per heavy atom. The van der Waals surface area contributed by atoms with E-state index in [4.69, 9.17) is 9.47 Å². The summed E-state index contributed by atoms with van der Waals surface area (Å²) in [6, 6.07) is 8.03. The molecule has 3 aromatic rings. The first-order valence-electron chi connectivity index (χ1n) is 11.0. The van der Waals surface area contributed by atoms with E-state index < -0.39 is 29.0 Å². The zero-order chi connectivity index (χ0) is 26.1. The number of alkyl halides is 3. The Morgan fingerprint density at radius 3 is 2.11 bits per heavy atom. The maximum Gasteiger partial charge on any atom is 0.416 e. The molecule has 3 rings (SSSR count). The van der Waals surface area contributed by atoms with Crippen LogP contribution in [0, 0.1) is 20.8 Å². The van der Waals surface area contributed by atoms with Crippen molar-refractivity contribution >= 4 is 5.97 Å². The fraction of sp³-hybridized carbons (Fsp3) is 0.400. The number of aromatic nitrogens is 3. The Morgan fingerprint density at radius 1 is 1.03 bits per heavy atom. The van der Waals surface area contributed by atoms with Crippen molar-refractivity contribution in [2.75, 3.05) is 6.61 Å². The second kappa shape index (κ2) is 9.59. The molecule has 0 saturated carbocycles. The molecule has 2 aromatic carbocycles. The van der Waals surface area contributed by atoms with Gasteiger partial charge in [-0.3, -0.25) is 0 Å². The van der Waals surface area contributed by atoms with E-state index in [1.807, 2.05) is 26.0 Å². The lowest BCUT2D eigenvalue weighted by atomic mass is 10.0. The molecule has 0 N–H and O–H groups in total. The van der Waals surface area contributed by atoms with Crippen molar-refractivity contribution in [1.29, 1.82) is 0 Å². The van der Waals surface area contributed by atoms with Gasteiger partial charge >= 0.3 is 17.8 Å². The first-order chi connectivity index (χ1) is 16.2. The van der Waals surface area contributed by atoms with Crippen molar-refractivity contribution in [1.82, 2.24) is 14.3 Å². The fourth-order valence-electron chi connectivity index (χ4n) is 3.78. The summed E-state index contributed by atoms with van der Waals surface area (Å²) in [6.07, 6.45) is -4.46. The van der Waals surface area contributed by atoms with Gasteiger partial charge in [0.15, 0.2) is 5.60 Å². The first kappa shape index (κ1) is 26.1. The van der Waals surface area contributed by atoms with Crippen LogP contribution in [0.1, 0.15) is 48.8 Å². The smallest absolute Gasteiger partial charge is 0.416 e. The minimum absolute atomic E-state index is 0.149. The zero-order valence-corrected chi connectivity index (χ0v) is 20.5. The van der Waals surface area contributed by atoms with Crippen molar-refractivity contribution < 1.29 is 27.4 Å². The summed E-state index contributed by atoms with van der Waals surface area (Å²) in [7, 11) is 0. The third kappa shape index (κ3) is 5.58. The number of hydrogen-bond donors (Lipinski definition) is 0. The predicted molar refractivity (Wildman–Crippen MR) is 124 cm³/mol.